The van der Waals surface area contributed by atoms with Crippen molar-refractivity contribution in [3.05, 3.63) is 53.6 Å². The van der Waals surface area contributed by atoms with E-state index < -0.39 is 22.1 Å². The van der Waals surface area contributed by atoms with Gasteiger partial charge in [-0.2, -0.15) is 0 Å². The van der Waals surface area contributed by atoms with Crippen LogP contribution in [0.1, 0.15) is 0 Å². The summed E-state index contributed by atoms with van der Waals surface area (Å²) in [5, 5.41) is 2.75. The van der Waals surface area contributed by atoms with Gasteiger partial charge in [-0.15, -0.1) is 13.2 Å². The molecule has 2 aromatic rings. The van der Waals surface area contributed by atoms with Gasteiger partial charge in [0.15, 0.2) is 11.7 Å². The van der Waals surface area contributed by atoms with E-state index in [0.29, 0.717) is 0 Å². The standard InChI is InChI=1S/C16H16ClF3N4O3S/c17-11-4-3-5-12(10-11)28(25,26)23-9-8-22-15(21)24-13-6-1-2-7-14(13)27-16(18,19)20/h1-7,10,23H,8-9H2,(H3,21,22,24). The zero-order valence-electron chi connectivity index (χ0n) is 14.2. The Morgan fingerprint density at radius 3 is 2.57 bits per heavy atom. The summed E-state index contributed by atoms with van der Waals surface area (Å²) in [5.74, 6) is -0.685. The molecule has 2 aromatic carbocycles. The zero-order valence-corrected chi connectivity index (χ0v) is 15.8. The summed E-state index contributed by atoms with van der Waals surface area (Å²) in [6.07, 6.45) is -4.86. The van der Waals surface area contributed by atoms with E-state index in [1.807, 2.05) is 0 Å². The Morgan fingerprint density at radius 1 is 1.18 bits per heavy atom. The molecule has 0 atom stereocenters. The summed E-state index contributed by atoms with van der Waals surface area (Å²) >= 11 is 5.76. The van der Waals surface area contributed by atoms with Gasteiger partial charge in [0, 0.05) is 11.6 Å². The van der Waals surface area contributed by atoms with Crippen molar-refractivity contribution in [3.8, 4) is 5.75 Å². The Hall–Kier alpha value is -2.50. The van der Waals surface area contributed by atoms with Crippen molar-refractivity contribution in [1.29, 1.82) is 0 Å². The van der Waals surface area contributed by atoms with E-state index in [1.54, 1.807) is 0 Å². The fraction of sp³-hybridized carbons (Fsp3) is 0.188. The molecule has 152 valence electrons. The molecule has 0 unspecified atom stereocenters. The summed E-state index contributed by atoms with van der Waals surface area (Å²) in [5.41, 5.74) is 5.59. The lowest BCUT2D eigenvalue weighted by Gasteiger charge is -2.14. The Bertz CT molecular complexity index is 952. The van der Waals surface area contributed by atoms with Gasteiger partial charge in [-0.3, -0.25) is 4.99 Å². The predicted molar refractivity (Wildman–Crippen MR) is 99.9 cm³/mol. The molecule has 4 N–H and O–H groups in total. The molecule has 2 rings (SSSR count). The lowest BCUT2D eigenvalue weighted by molar-refractivity contribution is -0.274. The van der Waals surface area contributed by atoms with Crippen LogP contribution < -0.4 is 20.5 Å². The van der Waals surface area contributed by atoms with Crippen LogP contribution >= 0.6 is 11.6 Å². The highest BCUT2D eigenvalue weighted by Gasteiger charge is 2.32. The van der Waals surface area contributed by atoms with Crippen LogP contribution in [-0.2, 0) is 10.0 Å². The second-order valence-corrected chi connectivity index (χ2v) is 7.49. The molecular weight excluding hydrogens is 421 g/mol. The Labute approximate surface area is 164 Å². The summed E-state index contributed by atoms with van der Waals surface area (Å²) in [4.78, 5) is 3.86. The normalized spacial score (nSPS) is 12.6. The number of guanidine groups is 1. The highest BCUT2D eigenvalue weighted by molar-refractivity contribution is 7.89. The summed E-state index contributed by atoms with van der Waals surface area (Å²) in [6.45, 7) is -0.140. The molecule has 0 aliphatic heterocycles. The number of hydrogen-bond donors (Lipinski definition) is 3. The number of nitrogens with two attached hydrogens (primary N) is 1. The second-order valence-electron chi connectivity index (χ2n) is 5.29. The smallest absolute Gasteiger partial charge is 0.404 e. The number of benzene rings is 2. The topological polar surface area (TPSA) is 106 Å². The lowest BCUT2D eigenvalue weighted by Crippen LogP contribution is -2.29. The van der Waals surface area contributed by atoms with Crippen LogP contribution in [0.4, 0.5) is 18.9 Å². The fourth-order valence-electron chi connectivity index (χ4n) is 2.03. The van der Waals surface area contributed by atoms with Crippen LogP contribution in [0.2, 0.25) is 5.02 Å². The third-order valence-electron chi connectivity index (χ3n) is 3.17. The van der Waals surface area contributed by atoms with E-state index in [2.05, 4.69) is 19.8 Å². The second kappa shape index (κ2) is 9.13. The van der Waals surface area contributed by atoms with Crippen molar-refractivity contribution in [1.82, 2.24) is 4.72 Å². The van der Waals surface area contributed by atoms with E-state index in [9.17, 15) is 21.6 Å². The minimum atomic E-state index is -4.86. The number of sulfonamides is 1. The molecule has 7 nitrogen and oxygen atoms in total. The quantitative estimate of drug-likeness (QED) is 0.351. The van der Waals surface area contributed by atoms with E-state index in [1.165, 1.54) is 42.5 Å². The van der Waals surface area contributed by atoms with E-state index in [-0.39, 0.29) is 34.7 Å². The number of nitrogens with zero attached hydrogens (tertiary/aromatic N) is 1. The minimum Gasteiger partial charge on any atom is -0.404 e. The number of rotatable bonds is 7. The molecule has 12 heteroatoms. The molecule has 0 saturated heterocycles. The number of anilines is 1. The minimum absolute atomic E-state index is 0.00620. The molecule has 0 spiro atoms. The summed E-state index contributed by atoms with van der Waals surface area (Å²) in [7, 11) is -3.78. The number of hydrogen-bond acceptors (Lipinski definition) is 4. The van der Waals surface area contributed by atoms with Gasteiger partial charge in [-0.05, 0) is 30.3 Å². The summed E-state index contributed by atoms with van der Waals surface area (Å²) < 4.78 is 67.6. The van der Waals surface area contributed by atoms with Gasteiger partial charge in [0.2, 0.25) is 10.0 Å². The SMILES string of the molecule is NC(=NCCNS(=O)(=O)c1cccc(Cl)c1)Nc1ccccc1OC(F)(F)F. The van der Waals surface area contributed by atoms with E-state index in [4.69, 9.17) is 17.3 Å². The first kappa shape index (κ1) is 21.8. The van der Waals surface area contributed by atoms with Crippen LogP contribution in [-0.4, -0.2) is 33.8 Å². The molecule has 0 aliphatic carbocycles. The first-order valence-electron chi connectivity index (χ1n) is 7.74. The van der Waals surface area contributed by atoms with Gasteiger partial charge in [-0.1, -0.05) is 29.8 Å². The number of para-hydroxylation sites is 2. The van der Waals surface area contributed by atoms with Crippen LogP contribution in [0.5, 0.6) is 5.75 Å². The van der Waals surface area contributed by atoms with Gasteiger partial charge in [-0.25, -0.2) is 13.1 Å². The predicted octanol–water partition coefficient (Wildman–Crippen LogP) is 2.94. The molecule has 0 radical (unpaired) electrons. The van der Waals surface area contributed by atoms with Crippen molar-refractivity contribution in [2.24, 2.45) is 10.7 Å². The van der Waals surface area contributed by atoms with Crippen LogP contribution in [0.15, 0.2) is 58.4 Å². The first-order valence-corrected chi connectivity index (χ1v) is 9.60. The van der Waals surface area contributed by atoms with Gasteiger partial charge < -0.3 is 15.8 Å². The number of ether oxygens (including phenoxy) is 1. The van der Waals surface area contributed by atoms with Crippen molar-refractivity contribution in [2.45, 2.75) is 11.3 Å². The monoisotopic (exact) mass is 436 g/mol. The maximum atomic E-state index is 12.4. The van der Waals surface area contributed by atoms with Crippen LogP contribution in [0, 0.1) is 0 Å². The Morgan fingerprint density at radius 2 is 1.89 bits per heavy atom. The number of halogens is 4. The molecule has 0 fully saturated rings. The molecular formula is C16H16ClF3N4O3S. The van der Waals surface area contributed by atoms with Gasteiger partial charge in [0.25, 0.3) is 0 Å². The van der Waals surface area contributed by atoms with Crippen molar-refractivity contribution in [3.63, 3.8) is 0 Å². The highest BCUT2D eigenvalue weighted by atomic mass is 35.5. The fourth-order valence-corrected chi connectivity index (χ4v) is 3.36. The van der Waals surface area contributed by atoms with Gasteiger partial charge in [0.1, 0.15) is 0 Å². The lowest BCUT2D eigenvalue weighted by atomic mass is 10.3. The van der Waals surface area contributed by atoms with Crippen LogP contribution in [0.3, 0.4) is 0 Å². The first-order chi connectivity index (χ1) is 13.1. The molecule has 0 amide bonds. The molecule has 0 saturated carbocycles. The van der Waals surface area contributed by atoms with Gasteiger partial charge in [0.05, 0.1) is 17.1 Å². The third-order valence-corrected chi connectivity index (χ3v) is 4.86. The summed E-state index contributed by atoms with van der Waals surface area (Å²) in [6, 6.07) is 11.0. The number of alkyl halides is 3. The average molecular weight is 437 g/mol. The maximum absolute atomic E-state index is 12.4. The highest BCUT2D eigenvalue weighted by Crippen LogP contribution is 2.29. The van der Waals surface area contributed by atoms with Crippen molar-refractivity contribution >= 4 is 33.3 Å². The zero-order chi connectivity index (χ0) is 20.8. The van der Waals surface area contributed by atoms with Crippen molar-refractivity contribution in [2.75, 3.05) is 18.4 Å². The van der Waals surface area contributed by atoms with Crippen LogP contribution in [0.25, 0.3) is 0 Å². The molecule has 0 bridgehead atoms. The Balaban J connectivity index is 1.94. The van der Waals surface area contributed by atoms with Gasteiger partial charge >= 0.3 is 6.36 Å². The van der Waals surface area contributed by atoms with E-state index in [0.717, 1.165) is 6.07 Å². The molecule has 28 heavy (non-hydrogen) atoms. The molecule has 0 aliphatic rings. The Kier molecular flexibility index (Phi) is 7.11. The van der Waals surface area contributed by atoms with Crippen molar-refractivity contribution < 1.29 is 26.3 Å². The average Bonchev–Trinajstić information content (AvgIpc) is 2.59. The molecule has 0 aromatic heterocycles. The maximum Gasteiger partial charge on any atom is 0.573 e. The number of aliphatic imine (C=N–C) groups is 1. The third kappa shape index (κ3) is 6.91. The largest absolute Gasteiger partial charge is 0.573 e. The molecule has 0 heterocycles. The van der Waals surface area contributed by atoms with E-state index >= 15 is 0 Å². The number of nitrogens with one attached hydrogen (secondary N) is 2.